The molecule has 0 aliphatic carbocycles. The number of nitrogens with zero attached hydrogens (tertiary/aromatic N) is 1. The number of H-pyrrole nitrogens is 1. The number of aliphatic hydroxyl groups is 1. The molecule has 2 aromatic rings. The van der Waals surface area contributed by atoms with E-state index >= 15 is 0 Å². The quantitative estimate of drug-likeness (QED) is 0.915. The van der Waals surface area contributed by atoms with E-state index in [1.54, 1.807) is 0 Å². The Bertz CT molecular complexity index is 469. The average molecular weight is 302 g/mol. The van der Waals surface area contributed by atoms with Crippen molar-refractivity contribution in [1.29, 1.82) is 0 Å². The minimum absolute atomic E-state index is 0.324. The zero-order chi connectivity index (χ0) is 11.5. The Kier molecular flexibility index (Phi) is 3.63. The zero-order valence-electron chi connectivity index (χ0n) is 8.32. The summed E-state index contributed by atoms with van der Waals surface area (Å²) in [6, 6.07) is 7.79. The molecular formula is C11H10BrClN2O. The number of hydrogen-bond donors (Lipinski definition) is 2. The summed E-state index contributed by atoms with van der Waals surface area (Å²) in [5, 5.41) is 10.3. The number of aromatic amines is 1. The van der Waals surface area contributed by atoms with E-state index in [-0.39, 0.29) is 0 Å². The van der Waals surface area contributed by atoms with Gasteiger partial charge in [0.05, 0.1) is 12.0 Å². The van der Waals surface area contributed by atoms with Crippen molar-refractivity contribution in [2.24, 2.45) is 0 Å². The molecule has 2 rings (SSSR count). The SMILES string of the molecule is OC(Cc1ccc(Br)cc1)c1[nH]cnc1Cl. The van der Waals surface area contributed by atoms with Crippen LogP contribution < -0.4 is 0 Å². The maximum atomic E-state index is 9.95. The molecule has 0 saturated carbocycles. The molecule has 1 atom stereocenters. The summed E-state index contributed by atoms with van der Waals surface area (Å²) in [7, 11) is 0. The molecule has 0 radical (unpaired) electrons. The fraction of sp³-hybridized carbons (Fsp3) is 0.182. The van der Waals surface area contributed by atoms with Crippen LogP contribution in [-0.2, 0) is 6.42 Å². The third kappa shape index (κ3) is 2.64. The first-order valence-corrected chi connectivity index (χ1v) is 5.95. The summed E-state index contributed by atoms with van der Waals surface area (Å²) in [4.78, 5) is 6.67. The molecule has 0 amide bonds. The molecule has 0 saturated heterocycles. The van der Waals surface area contributed by atoms with Gasteiger partial charge in [0, 0.05) is 10.9 Å². The Hall–Kier alpha value is -0.840. The lowest BCUT2D eigenvalue weighted by atomic mass is 10.1. The van der Waals surface area contributed by atoms with Crippen LogP contribution in [0, 0.1) is 0 Å². The van der Waals surface area contributed by atoms with Gasteiger partial charge in [0.2, 0.25) is 0 Å². The van der Waals surface area contributed by atoms with Gasteiger partial charge in [0.1, 0.15) is 6.10 Å². The predicted molar refractivity (Wildman–Crippen MR) is 66.4 cm³/mol. The number of aromatic nitrogens is 2. The van der Waals surface area contributed by atoms with Crippen molar-refractivity contribution in [3.8, 4) is 0 Å². The molecule has 1 unspecified atom stereocenters. The van der Waals surface area contributed by atoms with Gasteiger partial charge in [0.15, 0.2) is 5.15 Å². The predicted octanol–water partition coefficient (Wildman–Crippen LogP) is 3.10. The molecule has 1 heterocycles. The fourth-order valence-electron chi connectivity index (χ4n) is 1.47. The third-order valence-electron chi connectivity index (χ3n) is 2.30. The van der Waals surface area contributed by atoms with Crippen LogP contribution in [0.15, 0.2) is 35.1 Å². The van der Waals surface area contributed by atoms with Crippen molar-refractivity contribution in [3.05, 3.63) is 51.5 Å². The molecule has 3 nitrogen and oxygen atoms in total. The van der Waals surface area contributed by atoms with Gasteiger partial charge >= 0.3 is 0 Å². The Morgan fingerprint density at radius 2 is 2.06 bits per heavy atom. The van der Waals surface area contributed by atoms with Crippen LogP contribution in [-0.4, -0.2) is 15.1 Å². The molecule has 0 aliphatic rings. The molecule has 0 spiro atoms. The van der Waals surface area contributed by atoms with E-state index in [1.165, 1.54) is 6.33 Å². The van der Waals surface area contributed by atoms with Crippen molar-refractivity contribution in [2.45, 2.75) is 12.5 Å². The number of imidazole rings is 1. The van der Waals surface area contributed by atoms with Crippen LogP contribution >= 0.6 is 27.5 Å². The van der Waals surface area contributed by atoms with Gasteiger partial charge in [-0.1, -0.05) is 39.7 Å². The highest BCUT2D eigenvalue weighted by molar-refractivity contribution is 9.10. The normalized spacial score (nSPS) is 12.7. The second-order valence-electron chi connectivity index (χ2n) is 3.45. The van der Waals surface area contributed by atoms with Crippen LogP contribution in [0.4, 0.5) is 0 Å². The lowest BCUT2D eigenvalue weighted by molar-refractivity contribution is 0.174. The molecule has 0 bridgehead atoms. The van der Waals surface area contributed by atoms with Crippen molar-refractivity contribution < 1.29 is 5.11 Å². The van der Waals surface area contributed by atoms with E-state index in [4.69, 9.17) is 11.6 Å². The Labute approximate surface area is 107 Å². The van der Waals surface area contributed by atoms with Gasteiger partial charge < -0.3 is 10.1 Å². The largest absolute Gasteiger partial charge is 0.386 e. The zero-order valence-corrected chi connectivity index (χ0v) is 10.7. The molecule has 1 aromatic heterocycles. The maximum Gasteiger partial charge on any atom is 0.152 e. The summed E-state index contributed by atoms with van der Waals surface area (Å²) >= 11 is 9.18. The van der Waals surface area contributed by atoms with Crippen molar-refractivity contribution in [1.82, 2.24) is 9.97 Å². The summed E-state index contributed by atoms with van der Waals surface area (Å²) in [6.07, 6.45) is 1.33. The molecule has 1 aromatic carbocycles. The summed E-state index contributed by atoms with van der Waals surface area (Å²) in [5.74, 6) is 0. The molecule has 0 aliphatic heterocycles. The second kappa shape index (κ2) is 4.99. The molecule has 5 heteroatoms. The van der Waals surface area contributed by atoms with Gasteiger partial charge in [0.25, 0.3) is 0 Å². The van der Waals surface area contributed by atoms with Gasteiger partial charge in [-0.05, 0) is 17.7 Å². The van der Waals surface area contributed by atoms with Gasteiger partial charge in [-0.25, -0.2) is 4.98 Å². The minimum atomic E-state index is -0.656. The highest BCUT2D eigenvalue weighted by Crippen LogP contribution is 2.22. The van der Waals surface area contributed by atoms with E-state index < -0.39 is 6.10 Å². The topological polar surface area (TPSA) is 48.9 Å². The Morgan fingerprint density at radius 1 is 1.38 bits per heavy atom. The van der Waals surface area contributed by atoms with E-state index in [9.17, 15) is 5.11 Å². The molecule has 84 valence electrons. The summed E-state index contributed by atoms with van der Waals surface area (Å²) in [6.45, 7) is 0. The van der Waals surface area contributed by atoms with Gasteiger partial charge in [-0.2, -0.15) is 0 Å². The lowest BCUT2D eigenvalue weighted by Crippen LogP contribution is -2.02. The lowest BCUT2D eigenvalue weighted by Gasteiger charge is -2.09. The average Bonchev–Trinajstić information content (AvgIpc) is 2.68. The first-order valence-electron chi connectivity index (χ1n) is 4.78. The molecule has 16 heavy (non-hydrogen) atoms. The molecule has 2 N–H and O–H groups in total. The van der Waals surface area contributed by atoms with Crippen molar-refractivity contribution in [3.63, 3.8) is 0 Å². The number of halogens is 2. The van der Waals surface area contributed by atoms with Crippen LogP contribution in [0.2, 0.25) is 5.15 Å². The number of rotatable bonds is 3. The third-order valence-corrected chi connectivity index (χ3v) is 3.13. The summed E-state index contributed by atoms with van der Waals surface area (Å²) < 4.78 is 1.02. The summed E-state index contributed by atoms with van der Waals surface area (Å²) in [5.41, 5.74) is 1.60. The first kappa shape index (κ1) is 11.6. The van der Waals surface area contributed by atoms with Crippen LogP contribution in [0.3, 0.4) is 0 Å². The first-order chi connectivity index (χ1) is 7.66. The highest BCUT2D eigenvalue weighted by atomic mass is 79.9. The number of hydrogen-bond acceptors (Lipinski definition) is 2. The van der Waals surface area contributed by atoms with E-state index in [0.717, 1.165) is 10.0 Å². The van der Waals surface area contributed by atoms with Gasteiger partial charge in [-0.3, -0.25) is 0 Å². The van der Waals surface area contributed by atoms with E-state index in [1.807, 2.05) is 24.3 Å². The number of benzene rings is 1. The smallest absolute Gasteiger partial charge is 0.152 e. The second-order valence-corrected chi connectivity index (χ2v) is 4.73. The van der Waals surface area contributed by atoms with Crippen molar-refractivity contribution in [2.75, 3.05) is 0 Å². The maximum absolute atomic E-state index is 9.95. The Balaban J connectivity index is 2.10. The fourth-order valence-corrected chi connectivity index (χ4v) is 1.96. The van der Waals surface area contributed by atoms with Crippen LogP contribution in [0.5, 0.6) is 0 Å². The minimum Gasteiger partial charge on any atom is -0.386 e. The highest BCUT2D eigenvalue weighted by Gasteiger charge is 2.14. The molecular weight excluding hydrogens is 291 g/mol. The van der Waals surface area contributed by atoms with Crippen molar-refractivity contribution >= 4 is 27.5 Å². The molecule has 0 fully saturated rings. The van der Waals surface area contributed by atoms with Gasteiger partial charge in [-0.15, -0.1) is 0 Å². The monoisotopic (exact) mass is 300 g/mol. The van der Waals surface area contributed by atoms with Crippen LogP contribution in [0.25, 0.3) is 0 Å². The van der Waals surface area contributed by atoms with E-state index in [0.29, 0.717) is 17.3 Å². The van der Waals surface area contributed by atoms with E-state index in [2.05, 4.69) is 25.9 Å². The standard InChI is InChI=1S/C11H10BrClN2O/c12-8-3-1-7(2-4-8)5-9(16)10-11(13)15-6-14-10/h1-4,6,9,16H,5H2,(H,14,15). The Morgan fingerprint density at radius 3 is 2.62 bits per heavy atom. The number of nitrogens with one attached hydrogen (secondary N) is 1. The number of aliphatic hydroxyl groups excluding tert-OH is 1. The van der Waals surface area contributed by atoms with Crippen LogP contribution in [0.1, 0.15) is 17.4 Å².